The first-order valence-corrected chi connectivity index (χ1v) is 7.40. The summed E-state index contributed by atoms with van der Waals surface area (Å²) in [5, 5.41) is 9.10. The van der Waals surface area contributed by atoms with Gasteiger partial charge in [0.05, 0.1) is 17.0 Å². The fourth-order valence-electron chi connectivity index (χ4n) is 1.72. The standard InChI is InChI=1S/C13H18N2O2S/c1-8(2)6-18-7-11-14-5-10(13(16)17)12(15-11)9-3-4-9/h5,8-9H,3-4,6-7H2,1-2H3,(H,16,17). The fraction of sp³-hybridized carbons (Fsp3) is 0.615. The van der Waals surface area contributed by atoms with E-state index in [-0.39, 0.29) is 5.56 Å². The number of rotatable bonds is 6. The van der Waals surface area contributed by atoms with Crippen molar-refractivity contribution >= 4 is 17.7 Å². The van der Waals surface area contributed by atoms with Crippen LogP contribution in [0.5, 0.6) is 0 Å². The first-order valence-electron chi connectivity index (χ1n) is 6.24. The van der Waals surface area contributed by atoms with Gasteiger partial charge < -0.3 is 5.11 Å². The summed E-state index contributed by atoms with van der Waals surface area (Å²) in [6.07, 6.45) is 3.57. The Hall–Kier alpha value is -1.10. The second kappa shape index (κ2) is 5.69. The van der Waals surface area contributed by atoms with E-state index in [9.17, 15) is 4.79 Å². The van der Waals surface area contributed by atoms with E-state index in [0.29, 0.717) is 11.8 Å². The summed E-state index contributed by atoms with van der Waals surface area (Å²) >= 11 is 1.80. The van der Waals surface area contributed by atoms with Gasteiger partial charge in [-0.3, -0.25) is 0 Å². The highest BCUT2D eigenvalue weighted by Gasteiger charge is 2.30. The normalized spacial score (nSPS) is 15.1. The van der Waals surface area contributed by atoms with E-state index < -0.39 is 5.97 Å². The first kappa shape index (κ1) is 13.3. The molecule has 0 radical (unpaired) electrons. The van der Waals surface area contributed by atoms with Gasteiger partial charge in [0, 0.05) is 12.1 Å². The Morgan fingerprint density at radius 3 is 2.83 bits per heavy atom. The number of carboxylic acid groups (broad SMARTS) is 1. The van der Waals surface area contributed by atoms with E-state index in [4.69, 9.17) is 5.11 Å². The molecule has 1 aliphatic carbocycles. The molecule has 5 heteroatoms. The van der Waals surface area contributed by atoms with Gasteiger partial charge in [-0.1, -0.05) is 13.8 Å². The molecule has 0 aliphatic heterocycles. The van der Waals surface area contributed by atoms with Gasteiger partial charge in [0.25, 0.3) is 0 Å². The highest BCUT2D eigenvalue weighted by atomic mass is 32.2. The molecule has 1 aromatic heterocycles. The van der Waals surface area contributed by atoms with E-state index >= 15 is 0 Å². The Morgan fingerprint density at radius 2 is 2.28 bits per heavy atom. The molecular formula is C13H18N2O2S. The number of aromatic carboxylic acids is 1. The lowest BCUT2D eigenvalue weighted by Crippen LogP contribution is -2.08. The molecule has 2 rings (SSSR count). The molecule has 1 N–H and O–H groups in total. The molecule has 1 saturated carbocycles. The third-order valence-corrected chi connectivity index (χ3v) is 4.11. The maximum Gasteiger partial charge on any atom is 0.339 e. The van der Waals surface area contributed by atoms with Crippen molar-refractivity contribution < 1.29 is 9.90 Å². The van der Waals surface area contributed by atoms with Crippen molar-refractivity contribution in [1.29, 1.82) is 0 Å². The van der Waals surface area contributed by atoms with Gasteiger partial charge >= 0.3 is 5.97 Å². The van der Waals surface area contributed by atoms with Crippen LogP contribution in [0.3, 0.4) is 0 Å². The van der Waals surface area contributed by atoms with Crippen LogP contribution in [0.1, 0.15) is 54.5 Å². The lowest BCUT2D eigenvalue weighted by atomic mass is 10.1. The summed E-state index contributed by atoms with van der Waals surface area (Å²) in [6, 6.07) is 0. The average molecular weight is 266 g/mol. The number of carboxylic acids is 1. The first-order chi connectivity index (χ1) is 8.58. The van der Waals surface area contributed by atoms with Crippen LogP contribution < -0.4 is 0 Å². The van der Waals surface area contributed by atoms with Crippen molar-refractivity contribution in [2.75, 3.05) is 5.75 Å². The summed E-state index contributed by atoms with van der Waals surface area (Å²) in [7, 11) is 0. The van der Waals surface area contributed by atoms with E-state index in [0.717, 1.165) is 35.9 Å². The number of thioether (sulfide) groups is 1. The maximum absolute atomic E-state index is 11.1. The Balaban J connectivity index is 2.08. The smallest absolute Gasteiger partial charge is 0.339 e. The van der Waals surface area contributed by atoms with E-state index in [1.807, 2.05) is 0 Å². The van der Waals surface area contributed by atoms with Gasteiger partial charge in [-0.2, -0.15) is 11.8 Å². The topological polar surface area (TPSA) is 63.1 Å². The van der Waals surface area contributed by atoms with Crippen molar-refractivity contribution in [2.24, 2.45) is 5.92 Å². The van der Waals surface area contributed by atoms with Gasteiger partial charge in [-0.15, -0.1) is 0 Å². The third kappa shape index (κ3) is 3.45. The average Bonchev–Trinajstić information content (AvgIpc) is 3.11. The number of nitrogens with zero attached hydrogens (tertiary/aromatic N) is 2. The van der Waals surface area contributed by atoms with Crippen molar-refractivity contribution in [1.82, 2.24) is 9.97 Å². The molecule has 1 fully saturated rings. The quantitative estimate of drug-likeness (QED) is 0.857. The molecule has 0 amide bonds. The summed E-state index contributed by atoms with van der Waals surface area (Å²) in [5.41, 5.74) is 1.01. The predicted octanol–water partition coefficient (Wildman–Crippen LogP) is 2.94. The van der Waals surface area contributed by atoms with Gasteiger partial charge in [0.1, 0.15) is 5.82 Å². The van der Waals surface area contributed by atoms with E-state index in [1.165, 1.54) is 6.20 Å². The number of hydrogen-bond donors (Lipinski definition) is 1. The van der Waals surface area contributed by atoms with Crippen LogP contribution in [-0.2, 0) is 5.75 Å². The van der Waals surface area contributed by atoms with Crippen LogP contribution in [0.15, 0.2) is 6.20 Å². The molecule has 0 bridgehead atoms. The minimum Gasteiger partial charge on any atom is -0.478 e. The fourth-order valence-corrected chi connectivity index (χ4v) is 2.63. The molecule has 4 nitrogen and oxygen atoms in total. The molecule has 1 aromatic rings. The van der Waals surface area contributed by atoms with Crippen LogP contribution in [0.2, 0.25) is 0 Å². The van der Waals surface area contributed by atoms with Crippen LogP contribution >= 0.6 is 11.8 Å². The zero-order valence-corrected chi connectivity index (χ0v) is 11.5. The maximum atomic E-state index is 11.1. The molecule has 0 spiro atoms. The molecule has 1 aliphatic rings. The zero-order valence-electron chi connectivity index (χ0n) is 10.7. The summed E-state index contributed by atoms with van der Waals surface area (Å²) in [4.78, 5) is 19.7. The monoisotopic (exact) mass is 266 g/mol. The Kier molecular flexibility index (Phi) is 4.22. The molecule has 1 heterocycles. The second-order valence-corrected chi connectivity index (χ2v) is 6.10. The largest absolute Gasteiger partial charge is 0.478 e. The van der Waals surface area contributed by atoms with Crippen LogP contribution in [0, 0.1) is 5.92 Å². The molecule has 98 valence electrons. The van der Waals surface area contributed by atoms with Gasteiger partial charge in [-0.05, 0) is 24.5 Å². The third-order valence-electron chi connectivity index (χ3n) is 2.74. The van der Waals surface area contributed by atoms with Crippen molar-refractivity contribution in [3.8, 4) is 0 Å². The number of aromatic nitrogens is 2. The second-order valence-electron chi connectivity index (χ2n) is 5.07. The summed E-state index contributed by atoms with van der Waals surface area (Å²) in [6.45, 7) is 4.36. The summed E-state index contributed by atoms with van der Waals surface area (Å²) < 4.78 is 0. The minimum absolute atomic E-state index is 0.273. The van der Waals surface area contributed by atoms with Crippen molar-refractivity contribution in [3.63, 3.8) is 0 Å². The van der Waals surface area contributed by atoms with Crippen LogP contribution in [-0.4, -0.2) is 26.8 Å². The van der Waals surface area contributed by atoms with Gasteiger partial charge in [-0.25, -0.2) is 14.8 Å². The van der Waals surface area contributed by atoms with Crippen LogP contribution in [0.25, 0.3) is 0 Å². The molecule has 0 saturated heterocycles. The molecule has 18 heavy (non-hydrogen) atoms. The van der Waals surface area contributed by atoms with Gasteiger partial charge in [0.15, 0.2) is 0 Å². The van der Waals surface area contributed by atoms with Gasteiger partial charge in [0.2, 0.25) is 0 Å². The zero-order chi connectivity index (χ0) is 13.1. The Labute approximate surface area is 111 Å². The molecular weight excluding hydrogens is 248 g/mol. The van der Waals surface area contributed by atoms with Crippen molar-refractivity contribution in [3.05, 3.63) is 23.3 Å². The number of hydrogen-bond acceptors (Lipinski definition) is 4. The number of carbonyl (C=O) groups is 1. The van der Waals surface area contributed by atoms with E-state index in [2.05, 4.69) is 23.8 Å². The SMILES string of the molecule is CC(C)CSCc1ncc(C(=O)O)c(C2CC2)n1. The Bertz CT molecular complexity index is 445. The molecule has 0 unspecified atom stereocenters. The van der Waals surface area contributed by atoms with Crippen molar-refractivity contribution in [2.45, 2.75) is 38.4 Å². The molecule has 0 aromatic carbocycles. The van der Waals surface area contributed by atoms with E-state index in [1.54, 1.807) is 11.8 Å². The Morgan fingerprint density at radius 1 is 1.56 bits per heavy atom. The highest BCUT2D eigenvalue weighted by molar-refractivity contribution is 7.98. The lowest BCUT2D eigenvalue weighted by molar-refractivity contribution is 0.0694. The molecule has 0 atom stereocenters. The predicted molar refractivity (Wildman–Crippen MR) is 72.0 cm³/mol. The highest BCUT2D eigenvalue weighted by Crippen LogP contribution is 2.40. The summed E-state index contributed by atoms with van der Waals surface area (Å²) in [5.74, 6) is 2.66. The van der Waals surface area contributed by atoms with Crippen LogP contribution in [0.4, 0.5) is 0 Å². The lowest BCUT2D eigenvalue weighted by Gasteiger charge is -2.07. The minimum atomic E-state index is -0.918.